The SMILES string of the molecule is CC1CN(c2ccc(CNC(=O)C3CCCC3)cc2F)CC(C)O1. The number of nitrogens with one attached hydrogen (secondary N) is 1. The summed E-state index contributed by atoms with van der Waals surface area (Å²) in [6, 6.07) is 5.25. The first-order valence-electron chi connectivity index (χ1n) is 8.99. The molecule has 1 N–H and O–H groups in total. The minimum atomic E-state index is -0.232. The van der Waals surface area contributed by atoms with Crippen molar-refractivity contribution < 1.29 is 13.9 Å². The van der Waals surface area contributed by atoms with Gasteiger partial charge in [-0.3, -0.25) is 4.79 Å². The topological polar surface area (TPSA) is 41.6 Å². The summed E-state index contributed by atoms with van der Waals surface area (Å²) >= 11 is 0. The molecule has 2 fully saturated rings. The Morgan fingerprint density at radius 2 is 1.92 bits per heavy atom. The van der Waals surface area contributed by atoms with Crippen LogP contribution in [0.3, 0.4) is 0 Å². The Balaban J connectivity index is 1.61. The molecule has 1 aliphatic heterocycles. The lowest BCUT2D eigenvalue weighted by atomic mass is 10.1. The Kier molecular flexibility index (Phi) is 5.39. The zero-order chi connectivity index (χ0) is 17.1. The van der Waals surface area contributed by atoms with Gasteiger partial charge in [0.25, 0.3) is 0 Å². The molecular formula is C19H27FN2O2. The van der Waals surface area contributed by atoms with Crippen LogP contribution in [0.25, 0.3) is 0 Å². The zero-order valence-corrected chi connectivity index (χ0v) is 14.6. The van der Waals surface area contributed by atoms with E-state index in [4.69, 9.17) is 4.74 Å². The zero-order valence-electron chi connectivity index (χ0n) is 14.6. The van der Waals surface area contributed by atoms with Crippen molar-refractivity contribution in [1.82, 2.24) is 5.32 Å². The first kappa shape index (κ1) is 17.2. The molecule has 0 radical (unpaired) electrons. The summed E-state index contributed by atoms with van der Waals surface area (Å²) < 4.78 is 20.2. The fraction of sp³-hybridized carbons (Fsp3) is 0.632. The number of rotatable bonds is 4. The molecule has 3 rings (SSSR count). The van der Waals surface area contributed by atoms with E-state index in [0.29, 0.717) is 25.3 Å². The number of benzene rings is 1. The second kappa shape index (κ2) is 7.51. The Hall–Kier alpha value is -1.62. The lowest BCUT2D eigenvalue weighted by molar-refractivity contribution is -0.124. The Morgan fingerprint density at radius 1 is 1.25 bits per heavy atom. The normalized spacial score (nSPS) is 25.0. The van der Waals surface area contributed by atoms with E-state index in [1.54, 1.807) is 0 Å². The number of ether oxygens (including phenoxy) is 1. The van der Waals surface area contributed by atoms with Crippen LogP contribution in [0.2, 0.25) is 0 Å². The van der Waals surface area contributed by atoms with Crippen LogP contribution >= 0.6 is 0 Å². The van der Waals surface area contributed by atoms with Gasteiger partial charge in [0.15, 0.2) is 0 Å². The molecule has 1 saturated carbocycles. The molecule has 4 nitrogen and oxygen atoms in total. The lowest BCUT2D eigenvalue weighted by Gasteiger charge is -2.37. The third-order valence-corrected chi connectivity index (χ3v) is 4.97. The average Bonchev–Trinajstić information content (AvgIpc) is 3.06. The van der Waals surface area contributed by atoms with Crippen LogP contribution in [0.15, 0.2) is 18.2 Å². The largest absolute Gasteiger partial charge is 0.372 e. The van der Waals surface area contributed by atoms with Crippen LogP contribution in [0.1, 0.15) is 45.1 Å². The van der Waals surface area contributed by atoms with Crippen molar-refractivity contribution >= 4 is 11.6 Å². The van der Waals surface area contributed by atoms with Gasteiger partial charge in [0.2, 0.25) is 5.91 Å². The van der Waals surface area contributed by atoms with Crippen molar-refractivity contribution in [2.45, 2.75) is 58.3 Å². The number of amides is 1. The van der Waals surface area contributed by atoms with E-state index in [2.05, 4.69) is 5.32 Å². The van der Waals surface area contributed by atoms with Gasteiger partial charge in [-0.15, -0.1) is 0 Å². The van der Waals surface area contributed by atoms with Crippen LogP contribution in [-0.2, 0) is 16.1 Å². The molecule has 1 aromatic carbocycles. The van der Waals surface area contributed by atoms with E-state index >= 15 is 0 Å². The van der Waals surface area contributed by atoms with Gasteiger partial charge < -0.3 is 15.0 Å². The first-order valence-corrected chi connectivity index (χ1v) is 8.99. The highest BCUT2D eigenvalue weighted by molar-refractivity contribution is 5.78. The highest BCUT2D eigenvalue weighted by atomic mass is 19.1. The minimum Gasteiger partial charge on any atom is -0.372 e. The fourth-order valence-electron chi connectivity index (χ4n) is 3.81. The number of nitrogens with zero attached hydrogens (tertiary/aromatic N) is 1. The summed E-state index contributed by atoms with van der Waals surface area (Å²) in [6.07, 6.45) is 4.42. The van der Waals surface area contributed by atoms with Crippen LogP contribution in [0, 0.1) is 11.7 Å². The summed E-state index contributed by atoms with van der Waals surface area (Å²) in [7, 11) is 0. The van der Waals surface area contributed by atoms with Crippen LogP contribution in [0.5, 0.6) is 0 Å². The van der Waals surface area contributed by atoms with Crippen molar-refractivity contribution in [1.29, 1.82) is 0 Å². The van der Waals surface area contributed by atoms with Gasteiger partial charge in [0.05, 0.1) is 17.9 Å². The number of morpholine rings is 1. The molecule has 1 saturated heterocycles. The second-order valence-corrected chi connectivity index (χ2v) is 7.15. The van der Waals surface area contributed by atoms with Crippen molar-refractivity contribution in [3.63, 3.8) is 0 Å². The molecule has 1 aliphatic carbocycles. The van der Waals surface area contributed by atoms with E-state index in [-0.39, 0.29) is 29.9 Å². The molecule has 0 spiro atoms. The number of carbonyl (C=O) groups is 1. The van der Waals surface area contributed by atoms with Gasteiger partial charge in [0, 0.05) is 25.6 Å². The van der Waals surface area contributed by atoms with E-state index in [1.807, 2.05) is 30.9 Å². The van der Waals surface area contributed by atoms with Gasteiger partial charge >= 0.3 is 0 Å². The number of carbonyl (C=O) groups excluding carboxylic acids is 1. The van der Waals surface area contributed by atoms with Crippen LogP contribution < -0.4 is 10.2 Å². The van der Waals surface area contributed by atoms with E-state index in [1.165, 1.54) is 6.07 Å². The van der Waals surface area contributed by atoms with E-state index in [0.717, 1.165) is 31.2 Å². The first-order chi connectivity index (χ1) is 11.5. The van der Waals surface area contributed by atoms with Crippen molar-refractivity contribution in [3.8, 4) is 0 Å². The maximum Gasteiger partial charge on any atom is 0.223 e. The highest BCUT2D eigenvalue weighted by Gasteiger charge is 2.25. The molecule has 2 atom stereocenters. The molecule has 0 aromatic heterocycles. The Morgan fingerprint density at radius 3 is 2.54 bits per heavy atom. The minimum absolute atomic E-state index is 0.0959. The number of hydrogen-bond acceptors (Lipinski definition) is 3. The maximum absolute atomic E-state index is 14.5. The van der Waals surface area contributed by atoms with Crippen LogP contribution in [-0.4, -0.2) is 31.2 Å². The summed E-state index contributed by atoms with van der Waals surface area (Å²) in [4.78, 5) is 14.1. The molecule has 5 heteroatoms. The summed E-state index contributed by atoms with van der Waals surface area (Å²) in [5.41, 5.74) is 1.42. The summed E-state index contributed by atoms with van der Waals surface area (Å²) in [6.45, 7) is 5.79. The van der Waals surface area contributed by atoms with Gasteiger partial charge in [-0.25, -0.2) is 4.39 Å². The molecule has 2 aliphatic rings. The maximum atomic E-state index is 14.5. The van der Waals surface area contributed by atoms with E-state index < -0.39 is 0 Å². The van der Waals surface area contributed by atoms with Crippen molar-refractivity contribution in [2.75, 3.05) is 18.0 Å². The monoisotopic (exact) mass is 334 g/mol. The van der Waals surface area contributed by atoms with Crippen molar-refractivity contribution in [3.05, 3.63) is 29.6 Å². The molecule has 0 bridgehead atoms. The predicted octanol–water partition coefficient (Wildman–Crippen LogP) is 3.25. The number of anilines is 1. The van der Waals surface area contributed by atoms with E-state index in [9.17, 15) is 9.18 Å². The van der Waals surface area contributed by atoms with Gasteiger partial charge in [0.1, 0.15) is 5.82 Å². The molecule has 24 heavy (non-hydrogen) atoms. The summed E-state index contributed by atoms with van der Waals surface area (Å²) in [5.74, 6) is 0.0159. The molecular weight excluding hydrogens is 307 g/mol. The highest BCUT2D eigenvalue weighted by Crippen LogP contribution is 2.26. The van der Waals surface area contributed by atoms with Gasteiger partial charge in [-0.05, 0) is 44.4 Å². The third kappa shape index (κ3) is 4.07. The molecule has 2 unspecified atom stereocenters. The smallest absolute Gasteiger partial charge is 0.223 e. The molecule has 1 aromatic rings. The summed E-state index contributed by atoms with van der Waals surface area (Å²) in [5, 5.41) is 2.94. The van der Waals surface area contributed by atoms with Crippen molar-refractivity contribution in [2.24, 2.45) is 5.92 Å². The van der Waals surface area contributed by atoms with Gasteiger partial charge in [-0.2, -0.15) is 0 Å². The second-order valence-electron chi connectivity index (χ2n) is 7.15. The lowest BCUT2D eigenvalue weighted by Crippen LogP contribution is -2.45. The third-order valence-electron chi connectivity index (χ3n) is 4.97. The average molecular weight is 334 g/mol. The fourth-order valence-corrected chi connectivity index (χ4v) is 3.81. The molecule has 1 heterocycles. The quantitative estimate of drug-likeness (QED) is 0.919. The Bertz CT molecular complexity index is 577. The van der Waals surface area contributed by atoms with Crippen LogP contribution in [0.4, 0.5) is 10.1 Å². The number of hydrogen-bond donors (Lipinski definition) is 1. The predicted molar refractivity (Wildman–Crippen MR) is 92.4 cm³/mol. The van der Waals surface area contributed by atoms with Gasteiger partial charge in [-0.1, -0.05) is 18.9 Å². The molecule has 132 valence electrons. The number of halogens is 1. The standard InChI is InChI=1S/C19H27FN2O2/c1-13-11-22(12-14(2)24-13)18-8-7-15(9-17(18)20)10-21-19(23)16-5-3-4-6-16/h7-9,13-14,16H,3-6,10-12H2,1-2H3,(H,21,23). The Labute approximate surface area is 143 Å². The molecule has 1 amide bonds.